The van der Waals surface area contributed by atoms with Crippen LogP contribution in [0.2, 0.25) is 0 Å². The molecule has 1 nitrogen and oxygen atoms in total. The first-order valence-corrected chi connectivity index (χ1v) is 4.41. The summed E-state index contributed by atoms with van der Waals surface area (Å²) in [4.78, 5) is 5.61. The number of pyridine rings is 1. The largest absolute Gasteiger partial charge is 0.255 e. The van der Waals surface area contributed by atoms with Crippen LogP contribution in [0.25, 0.3) is 10.2 Å². The second kappa shape index (κ2) is 2.31. The van der Waals surface area contributed by atoms with Crippen molar-refractivity contribution >= 4 is 21.6 Å². The van der Waals surface area contributed by atoms with Crippen LogP contribution in [-0.2, 0) is 0 Å². The number of fused-ring (bicyclic) bond motifs is 1. The molecule has 0 aliphatic rings. The van der Waals surface area contributed by atoms with E-state index in [9.17, 15) is 0 Å². The van der Waals surface area contributed by atoms with Crippen molar-refractivity contribution in [2.45, 2.75) is 13.8 Å². The Morgan fingerprint density at radius 1 is 1.36 bits per heavy atom. The molecule has 0 amide bonds. The Kier molecular flexibility index (Phi) is 1.43. The van der Waals surface area contributed by atoms with Crippen LogP contribution in [-0.4, -0.2) is 4.98 Å². The maximum absolute atomic E-state index is 4.27. The van der Waals surface area contributed by atoms with Crippen LogP contribution >= 0.6 is 11.3 Å². The van der Waals surface area contributed by atoms with Crippen molar-refractivity contribution in [3.63, 3.8) is 0 Å². The third-order valence-corrected chi connectivity index (χ3v) is 2.91. The molecule has 0 N–H and O–H groups in total. The fourth-order valence-electron chi connectivity index (χ4n) is 1.18. The average molecular weight is 163 g/mol. The van der Waals surface area contributed by atoms with E-state index in [1.165, 1.54) is 15.1 Å². The number of nitrogens with zero attached hydrogens (tertiary/aromatic N) is 1. The Labute approximate surface area is 69.7 Å². The fourth-order valence-corrected chi connectivity index (χ4v) is 2.12. The molecule has 2 heteroatoms. The lowest BCUT2D eigenvalue weighted by atomic mass is 10.3. The van der Waals surface area contributed by atoms with Gasteiger partial charge in [0.15, 0.2) is 0 Å². The first-order valence-electron chi connectivity index (χ1n) is 3.59. The standard InChI is InChI=1S/C9H9NS/c1-6-3-4-10-8-5-7(2)11-9(6)8/h3-5H,1-2H3. The summed E-state index contributed by atoms with van der Waals surface area (Å²) in [5, 5.41) is 0. The van der Waals surface area contributed by atoms with Gasteiger partial charge in [0.25, 0.3) is 0 Å². The van der Waals surface area contributed by atoms with Crippen LogP contribution in [0.15, 0.2) is 18.3 Å². The number of thiophene rings is 1. The minimum Gasteiger partial charge on any atom is -0.255 e. The van der Waals surface area contributed by atoms with E-state index in [1.807, 2.05) is 17.5 Å². The van der Waals surface area contributed by atoms with Crippen LogP contribution in [0.5, 0.6) is 0 Å². The highest BCUT2D eigenvalue weighted by molar-refractivity contribution is 7.19. The molecular weight excluding hydrogens is 154 g/mol. The predicted octanol–water partition coefficient (Wildman–Crippen LogP) is 2.91. The van der Waals surface area contributed by atoms with Crippen molar-refractivity contribution < 1.29 is 0 Å². The molecule has 0 saturated heterocycles. The molecule has 0 radical (unpaired) electrons. The molecule has 0 bridgehead atoms. The van der Waals surface area contributed by atoms with Gasteiger partial charge in [-0.2, -0.15) is 0 Å². The third-order valence-electron chi connectivity index (χ3n) is 1.73. The quantitative estimate of drug-likeness (QED) is 0.582. The van der Waals surface area contributed by atoms with Crippen molar-refractivity contribution in [2.75, 3.05) is 0 Å². The molecule has 2 aromatic heterocycles. The summed E-state index contributed by atoms with van der Waals surface area (Å²) in [7, 11) is 0. The summed E-state index contributed by atoms with van der Waals surface area (Å²) in [5.74, 6) is 0. The number of hydrogen-bond acceptors (Lipinski definition) is 2. The third kappa shape index (κ3) is 1.03. The zero-order valence-electron chi connectivity index (χ0n) is 6.59. The molecule has 0 aliphatic heterocycles. The van der Waals surface area contributed by atoms with E-state index in [0.717, 1.165) is 5.52 Å². The molecule has 0 aromatic carbocycles. The second-order valence-corrected chi connectivity index (χ2v) is 3.96. The van der Waals surface area contributed by atoms with E-state index in [4.69, 9.17) is 0 Å². The summed E-state index contributed by atoms with van der Waals surface area (Å²) < 4.78 is 1.32. The lowest BCUT2D eigenvalue weighted by Gasteiger charge is -1.90. The van der Waals surface area contributed by atoms with E-state index >= 15 is 0 Å². The molecule has 11 heavy (non-hydrogen) atoms. The summed E-state index contributed by atoms with van der Waals surface area (Å²) in [6, 6.07) is 4.19. The van der Waals surface area contributed by atoms with Crippen molar-refractivity contribution in [1.82, 2.24) is 4.98 Å². The van der Waals surface area contributed by atoms with E-state index in [2.05, 4.69) is 31.0 Å². The van der Waals surface area contributed by atoms with E-state index in [0.29, 0.717) is 0 Å². The predicted molar refractivity (Wildman–Crippen MR) is 49.1 cm³/mol. The lowest BCUT2D eigenvalue weighted by molar-refractivity contribution is 1.38. The van der Waals surface area contributed by atoms with Gasteiger partial charge in [0.05, 0.1) is 10.2 Å². The molecule has 0 fully saturated rings. The highest BCUT2D eigenvalue weighted by atomic mass is 32.1. The molecular formula is C9H9NS. The maximum Gasteiger partial charge on any atom is 0.0815 e. The van der Waals surface area contributed by atoms with Gasteiger partial charge in [-0.25, -0.2) is 0 Å². The first kappa shape index (κ1) is 6.80. The normalized spacial score (nSPS) is 10.7. The van der Waals surface area contributed by atoms with Gasteiger partial charge in [-0.15, -0.1) is 11.3 Å². The number of hydrogen-bond donors (Lipinski definition) is 0. The molecule has 0 unspecified atom stereocenters. The second-order valence-electron chi connectivity index (χ2n) is 2.70. The maximum atomic E-state index is 4.27. The van der Waals surface area contributed by atoms with Gasteiger partial charge in [0, 0.05) is 11.1 Å². The molecule has 2 aromatic rings. The van der Waals surface area contributed by atoms with Crippen LogP contribution in [0.1, 0.15) is 10.4 Å². The Balaban J connectivity index is 2.90. The number of aryl methyl sites for hydroxylation is 2. The Morgan fingerprint density at radius 2 is 2.18 bits per heavy atom. The SMILES string of the molecule is Cc1cc2nccc(C)c2s1. The summed E-state index contributed by atoms with van der Waals surface area (Å²) in [6.07, 6.45) is 1.86. The van der Waals surface area contributed by atoms with Gasteiger partial charge in [-0.3, -0.25) is 4.98 Å². The van der Waals surface area contributed by atoms with Crippen LogP contribution in [0.4, 0.5) is 0 Å². The molecule has 0 atom stereocenters. The monoisotopic (exact) mass is 163 g/mol. The molecule has 2 heterocycles. The summed E-state index contributed by atoms with van der Waals surface area (Å²) >= 11 is 1.82. The van der Waals surface area contributed by atoms with Gasteiger partial charge >= 0.3 is 0 Å². The van der Waals surface area contributed by atoms with Crippen molar-refractivity contribution in [3.05, 3.63) is 28.8 Å². The highest BCUT2D eigenvalue weighted by Crippen LogP contribution is 2.25. The summed E-state index contributed by atoms with van der Waals surface area (Å²) in [5.41, 5.74) is 2.46. The topological polar surface area (TPSA) is 12.9 Å². The summed E-state index contributed by atoms with van der Waals surface area (Å²) in [6.45, 7) is 4.24. The molecule has 0 aliphatic carbocycles. The zero-order chi connectivity index (χ0) is 7.84. The van der Waals surface area contributed by atoms with Crippen LogP contribution in [0.3, 0.4) is 0 Å². The first-order chi connectivity index (χ1) is 5.27. The minimum absolute atomic E-state index is 1.13. The van der Waals surface area contributed by atoms with Gasteiger partial charge in [0.2, 0.25) is 0 Å². The lowest BCUT2D eigenvalue weighted by Crippen LogP contribution is -1.73. The van der Waals surface area contributed by atoms with E-state index in [1.54, 1.807) is 0 Å². The van der Waals surface area contributed by atoms with Gasteiger partial charge in [0.1, 0.15) is 0 Å². The Morgan fingerprint density at radius 3 is 2.91 bits per heavy atom. The van der Waals surface area contributed by atoms with Gasteiger partial charge in [-0.1, -0.05) is 0 Å². The molecule has 0 saturated carbocycles. The van der Waals surface area contributed by atoms with Gasteiger partial charge in [-0.05, 0) is 31.5 Å². The van der Waals surface area contributed by atoms with Crippen molar-refractivity contribution in [3.8, 4) is 0 Å². The molecule has 0 spiro atoms. The Hall–Kier alpha value is -0.890. The number of aromatic nitrogens is 1. The molecule has 2 rings (SSSR count). The smallest absolute Gasteiger partial charge is 0.0815 e. The Bertz CT molecular complexity index is 389. The zero-order valence-corrected chi connectivity index (χ0v) is 7.40. The van der Waals surface area contributed by atoms with E-state index < -0.39 is 0 Å². The average Bonchev–Trinajstić information content (AvgIpc) is 2.31. The van der Waals surface area contributed by atoms with E-state index in [-0.39, 0.29) is 0 Å². The van der Waals surface area contributed by atoms with Crippen LogP contribution in [0, 0.1) is 13.8 Å². The van der Waals surface area contributed by atoms with Crippen molar-refractivity contribution in [2.24, 2.45) is 0 Å². The fraction of sp³-hybridized carbons (Fsp3) is 0.222. The van der Waals surface area contributed by atoms with Crippen LogP contribution < -0.4 is 0 Å². The highest BCUT2D eigenvalue weighted by Gasteiger charge is 2.00. The van der Waals surface area contributed by atoms with Gasteiger partial charge < -0.3 is 0 Å². The van der Waals surface area contributed by atoms with Crippen molar-refractivity contribution in [1.29, 1.82) is 0 Å². The molecule has 56 valence electrons. The minimum atomic E-state index is 1.13. The number of rotatable bonds is 0.